The van der Waals surface area contributed by atoms with Crippen LogP contribution in [0.3, 0.4) is 0 Å². The minimum atomic E-state index is -0.881. The zero-order valence-corrected chi connectivity index (χ0v) is 14.3. The summed E-state index contributed by atoms with van der Waals surface area (Å²) in [4.78, 5) is 24.6. The maximum Gasteiger partial charge on any atom is 0.304 e. The number of nitrogens with zero attached hydrogens (tertiary/aromatic N) is 1. The quantitative estimate of drug-likeness (QED) is 0.770. The predicted molar refractivity (Wildman–Crippen MR) is 95.9 cm³/mol. The molecule has 0 heterocycles. The number of carboxylic acids is 1. The number of likely N-dealkylation sites (N-methyl/N-ethyl adjacent to an activating group) is 1. The van der Waals surface area contributed by atoms with Gasteiger partial charge in [0.15, 0.2) is 0 Å². The number of ether oxygens (including phenoxy) is 1. The van der Waals surface area contributed by atoms with Crippen molar-refractivity contribution in [1.29, 1.82) is 0 Å². The van der Waals surface area contributed by atoms with Crippen molar-refractivity contribution < 1.29 is 19.4 Å². The summed E-state index contributed by atoms with van der Waals surface area (Å²) in [6.07, 6.45) is -0.000355. The number of para-hydroxylation sites is 1. The predicted octanol–water partition coefficient (Wildman–Crippen LogP) is 3.21. The molecule has 0 fully saturated rings. The molecule has 2 rings (SSSR count). The van der Waals surface area contributed by atoms with E-state index in [1.165, 1.54) is 0 Å². The van der Waals surface area contributed by atoms with Crippen molar-refractivity contribution >= 4 is 17.6 Å². The van der Waals surface area contributed by atoms with Gasteiger partial charge in [-0.3, -0.25) is 14.5 Å². The molecule has 6 nitrogen and oxygen atoms in total. The molecule has 0 aliphatic carbocycles. The number of anilines is 1. The maximum absolute atomic E-state index is 12.2. The standard InChI is InChI=1S/C19H22N2O4/c1-14(21(2)13-12-18(22)23)19(24)20-15-8-10-17(11-9-15)25-16-6-4-3-5-7-16/h3-11,14H,12-13H2,1-2H3,(H,20,24)(H,22,23). The number of benzene rings is 2. The smallest absolute Gasteiger partial charge is 0.304 e. The second-order valence-corrected chi connectivity index (χ2v) is 5.73. The Labute approximate surface area is 147 Å². The lowest BCUT2D eigenvalue weighted by Crippen LogP contribution is -2.40. The lowest BCUT2D eigenvalue weighted by atomic mass is 10.2. The van der Waals surface area contributed by atoms with Gasteiger partial charge in [0.25, 0.3) is 0 Å². The van der Waals surface area contributed by atoms with Crippen LogP contribution in [0.2, 0.25) is 0 Å². The van der Waals surface area contributed by atoms with Gasteiger partial charge in [-0.2, -0.15) is 0 Å². The molecule has 2 N–H and O–H groups in total. The van der Waals surface area contributed by atoms with E-state index in [1.54, 1.807) is 43.1 Å². The van der Waals surface area contributed by atoms with Gasteiger partial charge < -0.3 is 15.2 Å². The number of nitrogens with one attached hydrogen (secondary N) is 1. The minimum Gasteiger partial charge on any atom is -0.481 e. The summed E-state index contributed by atoms with van der Waals surface area (Å²) in [5.41, 5.74) is 0.656. The third kappa shape index (κ3) is 5.93. The summed E-state index contributed by atoms with van der Waals surface area (Å²) in [6.45, 7) is 2.05. The molecule has 0 spiro atoms. The molecule has 6 heteroatoms. The van der Waals surface area contributed by atoms with E-state index >= 15 is 0 Å². The number of rotatable bonds is 8. The van der Waals surface area contributed by atoms with Crippen molar-refractivity contribution in [3.05, 3.63) is 54.6 Å². The molecule has 0 aliphatic rings. The van der Waals surface area contributed by atoms with Crippen LogP contribution in [0, 0.1) is 0 Å². The third-order valence-electron chi connectivity index (χ3n) is 3.82. The van der Waals surface area contributed by atoms with E-state index in [0.717, 1.165) is 5.75 Å². The zero-order chi connectivity index (χ0) is 18.2. The molecule has 0 aromatic heterocycles. The highest BCUT2D eigenvalue weighted by Crippen LogP contribution is 2.22. The first kappa shape index (κ1) is 18.5. The van der Waals surface area contributed by atoms with E-state index in [1.807, 2.05) is 30.3 Å². The van der Waals surface area contributed by atoms with Gasteiger partial charge in [-0.15, -0.1) is 0 Å². The van der Waals surface area contributed by atoms with Crippen molar-refractivity contribution in [2.75, 3.05) is 18.9 Å². The Morgan fingerprint density at radius 3 is 2.28 bits per heavy atom. The van der Waals surface area contributed by atoms with E-state index < -0.39 is 12.0 Å². The van der Waals surface area contributed by atoms with Crippen LogP contribution in [-0.4, -0.2) is 41.5 Å². The molecule has 1 unspecified atom stereocenters. The van der Waals surface area contributed by atoms with Gasteiger partial charge in [-0.25, -0.2) is 0 Å². The van der Waals surface area contributed by atoms with Gasteiger partial charge in [0.2, 0.25) is 5.91 Å². The second kappa shape index (κ2) is 8.84. The van der Waals surface area contributed by atoms with Gasteiger partial charge in [0, 0.05) is 12.2 Å². The van der Waals surface area contributed by atoms with Crippen LogP contribution in [0.4, 0.5) is 5.69 Å². The van der Waals surface area contributed by atoms with Crippen molar-refractivity contribution in [2.45, 2.75) is 19.4 Å². The first-order valence-corrected chi connectivity index (χ1v) is 8.01. The molecule has 132 valence electrons. The summed E-state index contributed by atoms with van der Waals surface area (Å²) in [5, 5.41) is 11.5. The van der Waals surface area contributed by atoms with Gasteiger partial charge in [-0.05, 0) is 50.4 Å². The molecular formula is C19H22N2O4. The third-order valence-corrected chi connectivity index (χ3v) is 3.82. The molecule has 0 aliphatic heterocycles. The molecule has 0 saturated carbocycles. The molecule has 0 bridgehead atoms. The molecular weight excluding hydrogens is 320 g/mol. The SMILES string of the molecule is CC(C(=O)Nc1ccc(Oc2ccccc2)cc1)N(C)CCC(=O)O. The fourth-order valence-corrected chi connectivity index (χ4v) is 2.14. The first-order valence-electron chi connectivity index (χ1n) is 8.01. The number of carboxylic acid groups (broad SMARTS) is 1. The molecule has 0 radical (unpaired) electrons. The fourth-order valence-electron chi connectivity index (χ4n) is 2.14. The second-order valence-electron chi connectivity index (χ2n) is 5.73. The van der Waals surface area contributed by atoms with Crippen LogP contribution in [0.1, 0.15) is 13.3 Å². The van der Waals surface area contributed by atoms with E-state index in [2.05, 4.69) is 5.32 Å². The fraction of sp³-hybridized carbons (Fsp3) is 0.263. The number of hydrogen-bond acceptors (Lipinski definition) is 4. The van der Waals surface area contributed by atoms with Crippen molar-refractivity contribution in [1.82, 2.24) is 4.90 Å². The Balaban J connectivity index is 1.89. The van der Waals surface area contributed by atoms with Crippen LogP contribution in [0.25, 0.3) is 0 Å². The van der Waals surface area contributed by atoms with Gasteiger partial charge in [-0.1, -0.05) is 18.2 Å². The molecule has 0 saturated heterocycles. The highest BCUT2D eigenvalue weighted by atomic mass is 16.5. The van der Waals surface area contributed by atoms with Crippen molar-refractivity contribution in [3.63, 3.8) is 0 Å². The summed E-state index contributed by atoms with van der Waals surface area (Å²) in [7, 11) is 1.73. The van der Waals surface area contributed by atoms with Crippen LogP contribution in [0.5, 0.6) is 11.5 Å². The van der Waals surface area contributed by atoms with E-state index in [9.17, 15) is 9.59 Å². The highest BCUT2D eigenvalue weighted by molar-refractivity contribution is 5.94. The van der Waals surface area contributed by atoms with Crippen molar-refractivity contribution in [3.8, 4) is 11.5 Å². The molecule has 25 heavy (non-hydrogen) atoms. The Bertz CT molecular complexity index is 701. The summed E-state index contributed by atoms with van der Waals surface area (Å²) < 4.78 is 5.70. The van der Waals surface area contributed by atoms with Crippen LogP contribution >= 0.6 is 0 Å². The van der Waals surface area contributed by atoms with Crippen molar-refractivity contribution in [2.24, 2.45) is 0 Å². The minimum absolute atomic E-state index is 0.000355. The largest absolute Gasteiger partial charge is 0.481 e. The summed E-state index contributed by atoms with van der Waals surface area (Å²) in [5.74, 6) is 0.349. The average Bonchev–Trinajstić information content (AvgIpc) is 2.61. The highest BCUT2D eigenvalue weighted by Gasteiger charge is 2.18. The Morgan fingerprint density at radius 2 is 1.68 bits per heavy atom. The monoisotopic (exact) mass is 342 g/mol. The molecule has 1 amide bonds. The molecule has 1 atom stereocenters. The molecule has 2 aromatic rings. The Morgan fingerprint density at radius 1 is 1.08 bits per heavy atom. The average molecular weight is 342 g/mol. The summed E-state index contributed by atoms with van der Waals surface area (Å²) >= 11 is 0. The van der Waals surface area contributed by atoms with Crippen LogP contribution < -0.4 is 10.1 Å². The van der Waals surface area contributed by atoms with Crippen LogP contribution in [-0.2, 0) is 9.59 Å². The Kier molecular flexibility index (Phi) is 6.54. The van der Waals surface area contributed by atoms with Crippen LogP contribution in [0.15, 0.2) is 54.6 Å². The van der Waals surface area contributed by atoms with E-state index in [-0.39, 0.29) is 12.3 Å². The number of carbonyl (C=O) groups excluding carboxylic acids is 1. The Hall–Kier alpha value is -2.86. The van der Waals surface area contributed by atoms with Gasteiger partial charge in [0.1, 0.15) is 11.5 Å². The maximum atomic E-state index is 12.2. The lowest BCUT2D eigenvalue weighted by molar-refractivity contribution is -0.137. The first-order chi connectivity index (χ1) is 12.0. The topological polar surface area (TPSA) is 78.9 Å². The van der Waals surface area contributed by atoms with E-state index in [4.69, 9.17) is 9.84 Å². The number of hydrogen-bond donors (Lipinski definition) is 2. The number of amides is 1. The molecule has 2 aromatic carbocycles. The zero-order valence-electron chi connectivity index (χ0n) is 14.3. The number of aliphatic carboxylic acids is 1. The number of carbonyl (C=O) groups is 2. The van der Waals surface area contributed by atoms with Gasteiger partial charge >= 0.3 is 5.97 Å². The summed E-state index contributed by atoms with van der Waals surface area (Å²) in [6, 6.07) is 16.1. The lowest BCUT2D eigenvalue weighted by Gasteiger charge is -2.23. The normalized spacial score (nSPS) is 11.8. The van der Waals surface area contributed by atoms with Gasteiger partial charge in [0.05, 0.1) is 12.5 Å². The van der Waals surface area contributed by atoms with E-state index in [0.29, 0.717) is 18.0 Å².